The van der Waals surface area contributed by atoms with Crippen LogP contribution < -0.4 is 9.64 Å². The molecule has 23 heavy (non-hydrogen) atoms. The van der Waals surface area contributed by atoms with E-state index in [0.29, 0.717) is 23.7 Å². The van der Waals surface area contributed by atoms with Gasteiger partial charge in [0.25, 0.3) is 0 Å². The van der Waals surface area contributed by atoms with Crippen LogP contribution in [0.1, 0.15) is 18.0 Å². The Morgan fingerprint density at radius 3 is 2.57 bits per heavy atom. The monoisotopic (exact) mass is 327 g/mol. The molecule has 2 aliphatic rings. The van der Waals surface area contributed by atoms with Crippen LogP contribution in [0.3, 0.4) is 0 Å². The minimum absolute atomic E-state index is 0.0558. The highest BCUT2D eigenvalue weighted by Crippen LogP contribution is 2.44. The number of piperidine rings is 1. The minimum Gasteiger partial charge on any atom is -0.426 e. The van der Waals surface area contributed by atoms with Gasteiger partial charge in [-0.25, -0.2) is 0 Å². The Labute approximate surface area is 138 Å². The summed E-state index contributed by atoms with van der Waals surface area (Å²) in [5.74, 6) is -0.751. The number of para-hydroxylation sites is 1. The Bertz CT molecular complexity index is 787. The summed E-state index contributed by atoms with van der Waals surface area (Å²) >= 11 is 5.97. The normalized spacial score (nSPS) is 23.1. The number of hydrogen-bond donors (Lipinski definition) is 0. The Kier molecular flexibility index (Phi) is 3.34. The lowest BCUT2D eigenvalue weighted by Gasteiger charge is -2.43. The fourth-order valence-corrected chi connectivity index (χ4v) is 3.53. The summed E-state index contributed by atoms with van der Waals surface area (Å²) in [4.78, 5) is 26.8. The number of ether oxygens (including phenoxy) is 1. The van der Waals surface area contributed by atoms with E-state index in [-0.39, 0.29) is 11.8 Å². The van der Waals surface area contributed by atoms with Gasteiger partial charge in [0.2, 0.25) is 0 Å². The fraction of sp³-hybridized carbons (Fsp3) is 0.222. The van der Waals surface area contributed by atoms with Crippen molar-refractivity contribution in [3.05, 3.63) is 59.1 Å². The first-order valence-corrected chi connectivity index (χ1v) is 7.88. The van der Waals surface area contributed by atoms with E-state index in [4.69, 9.17) is 16.3 Å². The Hall–Kier alpha value is -2.33. The van der Waals surface area contributed by atoms with E-state index < -0.39 is 11.9 Å². The molecule has 0 amide bonds. The Morgan fingerprint density at radius 2 is 1.78 bits per heavy atom. The van der Waals surface area contributed by atoms with Gasteiger partial charge in [-0.3, -0.25) is 9.59 Å². The minimum atomic E-state index is -0.769. The molecule has 2 aliphatic heterocycles. The maximum atomic E-state index is 12.3. The number of anilines is 1. The van der Waals surface area contributed by atoms with Gasteiger partial charge in [-0.2, -0.15) is 0 Å². The lowest BCUT2D eigenvalue weighted by molar-refractivity contribution is -0.147. The van der Waals surface area contributed by atoms with E-state index in [1.165, 1.54) is 0 Å². The van der Waals surface area contributed by atoms with Gasteiger partial charge in [0.05, 0.1) is 6.04 Å². The van der Waals surface area contributed by atoms with Gasteiger partial charge in [0.15, 0.2) is 5.78 Å². The van der Waals surface area contributed by atoms with Crippen LogP contribution in [0.25, 0.3) is 0 Å². The van der Waals surface area contributed by atoms with Crippen molar-refractivity contribution in [2.24, 2.45) is 5.92 Å². The number of hydrogen-bond acceptors (Lipinski definition) is 4. The fourth-order valence-electron chi connectivity index (χ4n) is 3.40. The summed E-state index contributed by atoms with van der Waals surface area (Å²) in [7, 11) is 0. The van der Waals surface area contributed by atoms with Crippen molar-refractivity contribution in [3.8, 4) is 5.75 Å². The predicted octanol–water partition coefficient (Wildman–Crippen LogP) is 3.40. The quantitative estimate of drug-likeness (QED) is 0.457. The molecule has 2 atom stereocenters. The topological polar surface area (TPSA) is 46.6 Å². The molecule has 0 radical (unpaired) electrons. The third-order valence-corrected chi connectivity index (χ3v) is 4.71. The molecule has 0 spiro atoms. The number of benzene rings is 2. The van der Waals surface area contributed by atoms with E-state index >= 15 is 0 Å². The molecule has 5 heteroatoms. The number of Topliss-reactive ketones (excluding diaryl/α,β-unsaturated/α-hetero) is 1. The molecule has 0 aromatic heterocycles. The summed E-state index contributed by atoms with van der Waals surface area (Å²) < 4.78 is 5.37. The van der Waals surface area contributed by atoms with E-state index in [1.807, 2.05) is 42.5 Å². The summed E-state index contributed by atoms with van der Waals surface area (Å²) in [6, 6.07) is 14.5. The maximum Gasteiger partial charge on any atom is 0.324 e. The lowest BCUT2D eigenvalue weighted by Crippen LogP contribution is -2.50. The van der Waals surface area contributed by atoms with E-state index in [0.717, 1.165) is 11.3 Å². The second-order valence-corrected chi connectivity index (χ2v) is 6.20. The van der Waals surface area contributed by atoms with Gasteiger partial charge in [-0.05, 0) is 30.3 Å². The van der Waals surface area contributed by atoms with Gasteiger partial charge in [-0.15, -0.1) is 0 Å². The highest BCUT2D eigenvalue weighted by atomic mass is 35.5. The number of rotatable bonds is 1. The number of carbonyl (C=O) groups is 2. The van der Waals surface area contributed by atoms with Crippen LogP contribution in [0.15, 0.2) is 48.5 Å². The van der Waals surface area contributed by atoms with Gasteiger partial charge >= 0.3 is 5.97 Å². The van der Waals surface area contributed by atoms with Crippen molar-refractivity contribution in [3.63, 3.8) is 0 Å². The predicted molar refractivity (Wildman–Crippen MR) is 86.7 cm³/mol. The Balaban J connectivity index is 1.84. The van der Waals surface area contributed by atoms with Gasteiger partial charge < -0.3 is 9.64 Å². The van der Waals surface area contributed by atoms with Crippen LogP contribution in [0.2, 0.25) is 5.02 Å². The molecule has 2 aromatic carbocycles. The highest BCUT2D eigenvalue weighted by molar-refractivity contribution is 6.30. The number of carbonyl (C=O) groups excluding carboxylic acids is 2. The van der Waals surface area contributed by atoms with E-state index in [9.17, 15) is 9.59 Å². The van der Waals surface area contributed by atoms with Crippen molar-refractivity contribution in [2.75, 3.05) is 11.4 Å². The standard InChI is InChI=1S/C18H14ClNO3/c19-11-5-7-12(8-6-11)20-10-9-14(21)16-17(20)13-3-1-2-4-15(13)23-18(16)22/h1-8,16-17H,9-10H2/t16-,17+/m0/s1. The molecule has 0 bridgehead atoms. The lowest BCUT2D eigenvalue weighted by atomic mass is 9.81. The molecule has 4 nitrogen and oxygen atoms in total. The average Bonchev–Trinajstić information content (AvgIpc) is 2.56. The molecule has 1 saturated heterocycles. The summed E-state index contributed by atoms with van der Waals surface area (Å²) in [6.45, 7) is 0.573. The van der Waals surface area contributed by atoms with Crippen LogP contribution in [-0.4, -0.2) is 18.3 Å². The summed E-state index contributed by atoms with van der Waals surface area (Å²) in [5.41, 5.74) is 1.82. The molecule has 0 aliphatic carbocycles. The first kappa shape index (κ1) is 14.3. The van der Waals surface area contributed by atoms with Crippen molar-refractivity contribution < 1.29 is 14.3 Å². The van der Waals surface area contributed by atoms with Gasteiger partial charge in [0, 0.05) is 29.2 Å². The molecule has 4 rings (SSSR count). The van der Waals surface area contributed by atoms with Crippen LogP contribution in [-0.2, 0) is 9.59 Å². The molecular weight excluding hydrogens is 314 g/mol. The number of halogens is 1. The zero-order chi connectivity index (χ0) is 16.0. The summed E-state index contributed by atoms with van der Waals surface area (Å²) in [5, 5.41) is 0.654. The smallest absolute Gasteiger partial charge is 0.324 e. The molecule has 0 unspecified atom stereocenters. The molecule has 0 N–H and O–H groups in total. The number of ketones is 1. The molecule has 2 aromatic rings. The second kappa shape index (κ2) is 5.39. The molecule has 0 saturated carbocycles. The van der Waals surface area contributed by atoms with Crippen LogP contribution in [0.5, 0.6) is 5.75 Å². The van der Waals surface area contributed by atoms with Gasteiger partial charge in [-0.1, -0.05) is 29.8 Å². The van der Waals surface area contributed by atoms with E-state index in [1.54, 1.807) is 6.07 Å². The highest BCUT2D eigenvalue weighted by Gasteiger charge is 2.47. The molecular formula is C18H14ClNO3. The first-order valence-electron chi connectivity index (χ1n) is 7.51. The van der Waals surface area contributed by atoms with Crippen LogP contribution in [0.4, 0.5) is 5.69 Å². The largest absolute Gasteiger partial charge is 0.426 e. The van der Waals surface area contributed by atoms with Gasteiger partial charge in [0.1, 0.15) is 11.7 Å². The Morgan fingerprint density at radius 1 is 1.04 bits per heavy atom. The first-order chi connectivity index (χ1) is 11.1. The van der Waals surface area contributed by atoms with Crippen LogP contribution in [0, 0.1) is 5.92 Å². The van der Waals surface area contributed by atoms with E-state index in [2.05, 4.69) is 4.90 Å². The average molecular weight is 328 g/mol. The number of esters is 1. The molecule has 1 fully saturated rings. The number of nitrogens with zero attached hydrogens (tertiary/aromatic N) is 1. The third-order valence-electron chi connectivity index (χ3n) is 4.46. The zero-order valence-electron chi connectivity index (χ0n) is 12.2. The number of fused-ring (bicyclic) bond motifs is 3. The summed E-state index contributed by atoms with van der Waals surface area (Å²) in [6.07, 6.45) is 0.334. The zero-order valence-corrected chi connectivity index (χ0v) is 13.0. The van der Waals surface area contributed by atoms with Crippen molar-refractivity contribution in [1.29, 1.82) is 0 Å². The maximum absolute atomic E-state index is 12.3. The van der Waals surface area contributed by atoms with Crippen molar-refractivity contribution >= 4 is 29.0 Å². The second-order valence-electron chi connectivity index (χ2n) is 5.77. The molecule has 116 valence electrons. The van der Waals surface area contributed by atoms with Crippen LogP contribution >= 0.6 is 11.6 Å². The molecule has 2 heterocycles. The van der Waals surface area contributed by atoms with Crippen molar-refractivity contribution in [2.45, 2.75) is 12.5 Å². The SMILES string of the molecule is O=C1CCN(c2ccc(Cl)cc2)[C@@H]2c3ccccc3OC(=O)[C@@H]12. The van der Waals surface area contributed by atoms with Crippen molar-refractivity contribution in [1.82, 2.24) is 0 Å². The third kappa shape index (κ3) is 2.30.